The van der Waals surface area contributed by atoms with Gasteiger partial charge in [0.05, 0.1) is 18.2 Å². The van der Waals surface area contributed by atoms with E-state index in [0.717, 1.165) is 7.11 Å². The molecule has 94 valence electrons. The van der Waals surface area contributed by atoms with Crippen LogP contribution in [0.15, 0.2) is 6.07 Å². The van der Waals surface area contributed by atoms with Crippen LogP contribution < -0.4 is 4.74 Å². The van der Waals surface area contributed by atoms with Crippen LogP contribution in [0.3, 0.4) is 0 Å². The van der Waals surface area contributed by atoms with Crippen molar-refractivity contribution in [2.45, 2.75) is 12.6 Å². The summed E-state index contributed by atoms with van der Waals surface area (Å²) in [5.74, 6) is -0.906. The zero-order chi connectivity index (χ0) is 13.2. The lowest BCUT2D eigenvalue weighted by Crippen LogP contribution is -2.13. The van der Waals surface area contributed by atoms with Crippen molar-refractivity contribution in [3.63, 3.8) is 0 Å². The highest BCUT2D eigenvalue weighted by molar-refractivity contribution is 5.73. The number of rotatable bonds is 3. The maximum Gasteiger partial charge on any atom is 0.417 e. The Balaban J connectivity index is 3.58. The lowest BCUT2D eigenvalue weighted by atomic mass is 10.1. The maximum absolute atomic E-state index is 12.5. The van der Waals surface area contributed by atoms with Crippen molar-refractivity contribution in [2.75, 3.05) is 7.11 Å². The van der Waals surface area contributed by atoms with Gasteiger partial charge in [-0.3, -0.25) is 4.79 Å². The Morgan fingerprint density at radius 1 is 1.41 bits per heavy atom. The fourth-order valence-electron chi connectivity index (χ4n) is 1.21. The SMILES string of the molecule is COc1nc(C=O)cc(C(F)(F)F)c1C(F)F. The van der Waals surface area contributed by atoms with E-state index in [1.54, 1.807) is 0 Å². The maximum atomic E-state index is 12.5. The van der Waals surface area contributed by atoms with E-state index in [2.05, 4.69) is 9.72 Å². The Bertz CT molecular complexity index is 430. The molecule has 17 heavy (non-hydrogen) atoms. The predicted octanol–water partition coefficient (Wildman–Crippen LogP) is 2.86. The molecule has 0 saturated carbocycles. The Hall–Kier alpha value is -1.73. The first-order valence-corrected chi connectivity index (χ1v) is 4.20. The second kappa shape index (κ2) is 4.64. The molecule has 1 aromatic rings. The molecule has 0 fully saturated rings. The number of methoxy groups -OCH3 is 1. The molecular formula is C9H6F5NO2. The number of nitrogens with zero attached hydrogens (tertiary/aromatic N) is 1. The molecule has 0 spiro atoms. The number of ether oxygens (including phenoxy) is 1. The van der Waals surface area contributed by atoms with Crippen LogP contribution in [-0.2, 0) is 6.18 Å². The van der Waals surface area contributed by atoms with Crippen molar-refractivity contribution in [1.29, 1.82) is 0 Å². The Labute approximate surface area is 92.2 Å². The number of pyridine rings is 1. The molecule has 0 aromatic carbocycles. The highest BCUT2D eigenvalue weighted by atomic mass is 19.4. The molecule has 1 rings (SSSR count). The molecule has 0 aliphatic rings. The van der Waals surface area contributed by atoms with Gasteiger partial charge in [-0.1, -0.05) is 0 Å². The largest absolute Gasteiger partial charge is 0.481 e. The first-order chi connectivity index (χ1) is 7.81. The van der Waals surface area contributed by atoms with Gasteiger partial charge in [0, 0.05) is 0 Å². The van der Waals surface area contributed by atoms with Gasteiger partial charge in [-0.2, -0.15) is 13.2 Å². The normalized spacial score (nSPS) is 11.7. The van der Waals surface area contributed by atoms with E-state index >= 15 is 0 Å². The van der Waals surface area contributed by atoms with Gasteiger partial charge < -0.3 is 4.74 Å². The standard InChI is InChI=1S/C9H6F5NO2/c1-17-8-6(7(10)11)5(9(12,13)14)2-4(3-16)15-8/h2-3,7H,1H3. The van der Waals surface area contributed by atoms with Gasteiger partial charge in [0.25, 0.3) is 6.43 Å². The van der Waals surface area contributed by atoms with Crippen LogP contribution in [0.4, 0.5) is 22.0 Å². The zero-order valence-corrected chi connectivity index (χ0v) is 8.39. The number of hydrogen-bond donors (Lipinski definition) is 0. The van der Waals surface area contributed by atoms with Crippen molar-refractivity contribution >= 4 is 6.29 Å². The van der Waals surface area contributed by atoms with Crippen molar-refractivity contribution in [2.24, 2.45) is 0 Å². The van der Waals surface area contributed by atoms with E-state index in [1.165, 1.54) is 0 Å². The summed E-state index contributed by atoms with van der Waals surface area (Å²) in [7, 11) is 0.892. The fourth-order valence-corrected chi connectivity index (χ4v) is 1.21. The second-order valence-corrected chi connectivity index (χ2v) is 2.93. The van der Waals surface area contributed by atoms with Crippen LogP contribution in [0.5, 0.6) is 5.88 Å². The van der Waals surface area contributed by atoms with Crippen LogP contribution in [0.25, 0.3) is 0 Å². The van der Waals surface area contributed by atoms with Gasteiger partial charge in [-0.05, 0) is 6.07 Å². The van der Waals surface area contributed by atoms with Crippen LogP contribution in [0.1, 0.15) is 28.0 Å². The first kappa shape index (κ1) is 13.3. The molecule has 0 amide bonds. The van der Waals surface area contributed by atoms with Gasteiger partial charge in [0.1, 0.15) is 5.69 Å². The van der Waals surface area contributed by atoms with E-state index in [4.69, 9.17) is 0 Å². The van der Waals surface area contributed by atoms with Gasteiger partial charge in [-0.25, -0.2) is 13.8 Å². The molecule has 0 aliphatic carbocycles. The van der Waals surface area contributed by atoms with Gasteiger partial charge >= 0.3 is 6.18 Å². The molecule has 0 bridgehead atoms. The number of carbonyl (C=O) groups excluding carboxylic acids is 1. The summed E-state index contributed by atoms with van der Waals surface area (Å²) in [5, 5.41) is 0. The lowest BCUT2D eigenvalue weighted by molar-refractivity contribution is -0.139. The minimum absolute atomic E-state index is 0.0208. The molecule has 0 unspecified atom stereocenters. The zero-order valence-electron chi connectivity index (χ0n) is 8.39. The number of aldehydes is 1. The van der Waals surface area contributed by atoms with Crippen LogP contribution in [0.2, 0.25) is 0 Å². The van der Waals surface area contributed by atoms with E-state index in [0.29, 0.717) is 0 Å². The van der Waals surface area contributed by atoms with E-state index in [1.807, 2.05) is 0 Å². The summed E-state index contributed by atoms with van der Waals surface area (Å²) >= 11 is 0. The number of alkyl halides is 5. The van der Waals surface area contributed by atoms with E-state index < -0.39 is 35.3 Å². The minimum atomic E-state index is -5.01. The summed E-state index contributed by atoms with van der Waals surface area (Å²) in [5.41, 5.74) is -3.62. The highest BCUT2D eigenvalue weighted by Gasteiger charge is 2.38. The smallest absolute Gasteiger partial charge is 0.417 e. The van der Waals surface area contributed by atoms with Crippen LogP contribution in [-0.4, -0.2) is 18.4 Å². The third kappa shape index (κ3) is 2.69. The van der Waals surface area contributed by atoms with Gasteiger partial charge in [-0.15, -0.1) is 0 Å². The van der Waals surface area contributed by atoms with Crippen molar-refractivity contribution < 1.29 is 31.5 Å². The third-order valence-electron chi connectivity index (χ3n) is 1.88. The van der Waals surface area contributed by atoms with Crippen LogP contribution in [0, 0.1) is 0 Å². The molecule has 8 heteroatoms. The lowest BCUT2D eigenvalue weighted by Gasteiger charge is -2.15. The highest BCUT2D eigenvalue weighted by Crippen LogP contribution is 2.40. The Morgan fingerprint density at radius 3 is 2.35 bits per heavy atom. The summed E-state index contributed by atoms with van der Waals surface area (Å²) in [6.07, 6.45) is -8.40. The molecule has 1 aromatic heterocycles. The number of aromatic nitrogens is 1. The van der Waals surface area contributed by atoms with Crippen LogP contribution >= 0.6 is 0 Å². The van der Waals surface area contributed by atoms with Gasteiger partial charge in [0.2, 0.25) is 5.88 Å². The summed E-state index contributed by atoms with van der Waals surface area (Å²) < 4.78 is 66.9. The first-order valence-electron chi connectivity index (χ1n) is 4.20. The predicted molar refractivity (Wildman–Crippen MR) is 46.1 cm³/mol. The van der Waals surface area contributed by atoms with Crippen molar-refractivity contribution in [3.05, 3.63) is 22.9 Å². The molecule has 0 atom stereocenters. The number of hydrogen-bond acceptors (Lipinski definition) is 3. The average Bonchev–Trinajstić information content (AvgIpc) is 2.25. The monoisotopic (exact) mass is 255 g/mol. The molecule has 0 radical (unpaired) electrons. The molecule has 0 saturated heterocycles. The van der Waals surface area contributed by atoms with E-state index in [9.17, 15) is 26.7 Å². The average molecular weight is 255 g/mol. The molecular weight excluding hydrogens is 249 g/mol. The molecule has 0 N–H and O–H groups in total. The van der Waals surface area contributed by atoms with E-state index in [-0.39, 0.29) is 12.4 Å². The number of carbonyl (C=O) groups is 1. The minimum Gasteiger partial charge on any atom is -0.481 e. The van der Waals surface area contributed by atoms with Gasteiger partial charge in [0.15, 0.2) is 6.29 Å². The Kier molecular flexibility index (Phi) is 3.64. The van der Waals surface area contributed by atoms with Crippen molar-refractivity contribution in [1.82, 2.24) is 4.98 Å². The third-order valence-corrected chi connectivity index (χ3v) is 1.88. The Morgan fingerprint density at radius 2 is 2.00 bits per heavy atom. The summed E-state index contributed by atoms with van der Waals surface area (Å²) in [4.78, 5) is 13.6. The summed E-state index contributed by atoms with van der Waals surface area (Å²) in [6, 6.07) is 0.261. The number of halogens is 5. The molecule has 0 aliphatic heterocycles. The molecule has 1 heterocycles. The fraction of sp³-hybridized carbons (Fsp3) is 0.333. The topological polar surface area (TPSA) is 39.2 Å². The quantitative estimate of drug-likeness (QED) is 0.615. The second-order valence-electron chi connectivity index (χ2n) is 2.93. The molecule has 3 nitrogen and oxygen atoms in total. The van der Waals surface area contributed by atoms with Crippen molar-refractivity contribution in [3.8, 4) is 5.88 Å². The summed E-state index contributed by atoms with van der Waals surface area (Å²) in [6.45, 7) is 0.